The first-order chi connectivity index (χ1) is 23.0. The minimum atomic E-state index is 0.187. The number of hydrogen-bond acceptors (Lipinski definition) is 4. The average molecular weight is 707 g/mol. The van der Waals surface area contributed by atoms with E-state index < -0.39 is 0 Å². The van der Waals surface area contributed by atoms with Gasteiger partial charge in [0, 0.05) is 64.2 Å². The van der Waals surface area contributed by atoms with E-state index in [1.807, 2.05) is 36.1 Å². The van der Waals surface area contributed by atoms with Gasteiger partial charge < -0.3 is 20.9 Å². The number of rotatable bonds is 10. The van der Waals surface area contributed by atoms with Crippen molar-refractivity contribution in [1.29, 1.82) is 0 Å². The highest BCUT2D eigenvalue weighted by atomic mass is 16.2. The summed E-state index contributed by atoms with van der Waals surface area (Å²) in [4.78, 5) is 14.0. The van der Waals surface area contributed by atoms with Gasteiger partial charge in [0.15, 0.2) is 0 Å². The number of hydrogen-bond donors (Lipinski definition) is 3. The standard InChI is InChI=1S/C13H17NO.2C12H23N.C9H19N/c1-9(2)10(3)14-8-11-6-4-5-7-12(11)13(14)15;2*1-9(11(3,4)5)13-10(2)12(6)7-8-12;1-7(2)10-8(3)9(4,5)6/h4-7,9-10H,8H2,1-3H3;2*9,13H,2,7-8H2,1,3-6H3;8,10H,1H2,2-6H3. The van der Waals surface area contributed by atoms with E-state index in [1.165, 1.54) is 37.1 Å². The van der Waals surface area contributed by atoms with Crippen molar-refractivity contribution in [3.05, 3.63) is 72.2 Å². The lowest BCUT2D eigenvalue weighted by molar-refractivity contribution is 0.0673. The van der Waals surface area contributed by atoms with Gasteiger partial charge in [0.25, 0.3) is 5.91 Å². The van der Waals surface area contributed by atoms with Crippen molar-refractivity contribution in [1.82, 2.24) is 20.9 Å². The number of amides is 1. The lowest BCUT2D eigenvalue weighted by Crippen LogP contribution is -2.38. The molecule has 1 amide bonds. The van der Waals surface area contributed by atoms with Crippen LogP contribution in [0.5, 0.6) is 0 Å². The monoisotopic (exact) mass is 707 g/mol. The third-order valence-corrected chi connectivity index (χ3v) is 11.9. The van der Waals surface area contributed by atoms with Crippen LogP contribution in [-0.4, -0.2) is 35.0 Å². The minimum absolute atomic E-state index is 0.187. The van der Waals surface area contributed by atoms with E-state index in [1.54, 1.807) is 0 Å². The van der Waals surface area contributed by atoms with Gasteiger partial charge >= 0.3 is 0 Å². The fourth-order valence-corrected chi connectivity index (χ4v) is 4.83. The van der Waals surface area contributed by atoms with Crippen molar-refractivity contribution >= 4 is 5.91 Å². The van der Waals surface area contributed by atoms with Crippen LogP contribution in [0, 0.1) is 33.0 Å². The first-order valence-electron chi connectivity index (χ1n) is 19.7. The number of carbonyl (C=O) groups is 1. The maximum Gasteiger partial charge on any atom is 0.254 e. The zero-order valence-electron chi connectivity index (χ0n) is 36.7. The lowest BCUT2D eigenvalue weighted by atomic mass is 9.87. The normalized spacial score (nSPS) is 19.2. The Hall–Kier alpha value is -2.69. The van der Waals surface area contributed by atoms with Gasteiger partial charge in [0.1, 0.15) is 0 Å². The van der Waals surface area contributed by atoms with Crippen LogP contribution in [0.2, 0.25) is 0 Å². The molecule has 5 heteroatoms. The summed E-state index contributed by atoms with van der Waals surface area (Å²) in [6, 6.07) is 9.69. The molecular formula is C46H82N4O. The van der Waals surface area contributed by atoms with Crippen LogP contribution < -0.4 is 16.0 Å². The molecule has 3 N–H and O–H groups in total. The Morgan fingerprint density at radius 2 is 1.02 bits per heavy atom. The molecule has 2 saturated carbocycles. The fourth-order valence-electron chi connectivity index (χ4n) is 4.83. The molecule has 1 heterocycles. The molecule has 1 aromatic carbocycles. The van der Waals surface area contributed by atoms with Crippen LogP contribution in [-0.2, 0) is 6.54 Å². The number of benzene rings is 1. The number of nitrogens with one attached hydrogen (secondary N) is 3. The largest absolute Gasteiger partial charge is 0.386 e. The lowest BCUT2D eigenvalue weighted by Gasteiger charge is -2.31. The average Bonchev–Trinajstić information content (AvgIpc) is 3.90. The molecule has 4 unspecified atom stereocenters. The van der Waals surface area contributed by atoms with Crippen molar-refractivity contribution < 1.29 is 4.79 Å². The molecule has 0 radical (unpaired) electrons. The molecule has 1 aromatic rings. The molecule has 2 fully saturated rings. The first kappa shape index (κ1) is 46.3. The van der Waals surface area contributed by atoms with E-state index in [0.717, 1.165) is 23.4 Å². The molecule has 0 bridgehead atoms. The Morgan fingerprint density at radius 3 is 1.29 bits per heavy atom. The maximum atomic E-state index is 12.1. The van der Waals surface area contributed by atoms with Gasteiger partial charge in [-0.15, -0.1) is 0 Å². The van der Waals surface area contributed by atoms with E-state index in [0.29, 0.717) is 57.2 Å². The van der Waals surface area contributed by atoms with Gasteiger partial charge in [0.2, 0.25) is 0 Å². The second kappa shape index (κ2) is 17.9. The number of nitrogens with zero attached hydrogens (tertiary/aromatic N) is 1. The first-order valence-corrected chi connectivity index (χ1v) is 19.7. The van der Waals surface area contributed by atoms with E-state index in [-0.39, 0.29) is 5.91 Å². The Morgan fingerprint density at radius 1 is 0.667 bits per heavy atom. The Kier molecular flexibility index (Phi) is 16.3. The van der Waals surface area contributed by atoms with Gasteiger partial charge in [0.05, 0.1) is 0 Å². The van der Waals surface area contributed by atoms with Crippen molar-refractivity contribution in [2.45, 2.75) is 181 Å². The van der Waals surface area contributed by atoms with Gasteiger partial charge in [-0.25, -0.2) is 0 Å². The summed E-state index contributed by atoms with van der Waals surface area (Å²) >= 11 is 0. The molecule has 4 rings (SSSR count). The Labute approximate surface area is 317 Å². The van der Waals surface area contributed by atoms with E-state index in [4.69, 9.17) is 0 Å². The molecule has 2 aliphatic carbocycles. The number of allylic oxidation sites excluding steroid dienone is 3. The molecule has 0 spiro atoms. The summed E-state index contributed by atoms with van der Waals surface area (Å²) in [5, 5.41) is 10.3. The molecule has 51 heavy (non-hydrogen) atoms. The van der Waals surface area contributed by atoms with E-state index >= 15 is 0 Å². The molecule has 3 aliphatic rings. The van der Waals surface area contributed by atoms with Crippen molar-refractivity contribution in [3.8, 4) is 0 Å². The van der Waals surface area contributed by atoms with Crippen molar-refractivity contribution in [2.24, 2.45) is 33.0 Å². The fraction of sp³-hybridized carbons (Fsp3) is 0.717. The summed E-state index contributed by atoms with van der Waals surface area (Å²) < 4.78 is 0. The molecule has 292 valence electrons. The molecule has 0 aromatic heterocycles. The zero-order chi connectivity index (χ0) is 39.9. The van der Waals surface area contributed by atoms with Crippen molar-refractivity contribution in [3.63, 3.8) is 0 Å². The Bertz CT molecular complexity index is 1260. The smallest absolute Gasteiger partial charge is 0.254 e. The second-order valence-corrected chi connectivity index (χ2v) is 20.1. The van der Waals surface area contributed by atoms with Crippen LogP contribution >= 0.6 is 0 Å². The summed E-state index contributed by atoms with van der Waals surface area (Å²) in [7, 11) is 0. The van der Waals surface area contributed by atoms with Gasteiger partial charge in [-0.2, -0.15) is 0 Å². The van der Waals surface area contributed by atoms with E-state index in [2.05, 4.69) is 153 Å². The maximum absolute atomic E-state index is 12.1. The molecule has 1 aliphatic heterocycles. The van der Waals surface area contributed by atoms with Crippen LogP contribution in [0.1, 0.15) is 166 Å². The molecule has 5 nitrogen and oxygen atoms in total. The third-order valence-electron chi connectivity index (χ3n) is 11.9. The number of carbonyl (C=O) groups excluding carboxylic acids is 1. The van der Waals surface area contributed by atoms with Crippen LogP contribution in [0.15, 0.2) is 61.1 Å². The van der Waals surface area contributed by atoms with E-state index in [9.17, 15) is 4.79 Å². The summed E-state index contributed by atoms with van der Waals surface area (Å²) in [5.74, 6) is 0.690. The Balaban J connectivity index is 0.000000344. The SMILES string of the molecule is C=C(C)NC(C)C(C)(C)C.C=C(NC(C)C(C)(C)C)C1(C)CC1.C=C(NC(C)C(C)(C)C)C1(C)CC1.CC(C)C(C)N1Cc2ccccc2C1=O. The van der Waals surface area contributed by atoms with Crippen LogP contribution in [0.4, 0.5) is 0 Å². The minimum Gasteiger partial charge on any atom is -0.386 e. The van der Waals surface area contributed by atoms with Crippen molar-refractivity contribution in [2.75, 3.05) is 0 Å². The highest BCUT2D eigenvalue weighted by Crippen LogP contribution is 2.50. The molecule has 0 saturated heterocycles. The summed E-state index contributed by atoms with van der Waals surface area (Å²) in [6.45, 7) is 52.7. The predicted octanol–water partition coefficient (Wildman–Crippen LogP) is 11.9. The summed E-state index contributed by atoms with van der Waals surface area (Å²) in [5.41, 5.74) is 7.30. The quantitative estimate of drug-likeness (QED) is 0.227. The third kappa shape index (κ3) is 15.1. The highest BCUT2D eigenvalue weighted by Gasteiger charge is 2.42. The number of fused-ring (bicyclic) bond motifs is 1. The van der Waals surface area contributed by atoms with Gasteiger partial charge in [-0.1, -0.05) is 128 Å². The van der Waals surface area contributed by atoms with Crippen LogP contribution in [0.3, 0.4) is 0 Å². The molecular weight excluding hydrogens is 625 g/mol. The predicted molar refractivity (Wildman–Crippen MR) is 225 cm³/mol. The van der Waals surface area contributed by atoms with Gasteiger partial charge in [-0.3, -0.25) is 4.79 Å². The zero-order valence-corrected chi connectivity index (χ0v) is 36.7. The second-order valence-electron chi connectivity index (χ2n) is 20.1. The topological polar surface area (TPSA) is 56.4 Å². The molecule has 4 atom stereocenters. The summed E-state index contributed by atoms with van der Waals surface area (Å²) in [6.07, 6.45) is 5.21. The van der Waals surface area contributed by atoms with Gasteiger partial charge in [-0.05, 0) is 94.1 Å². The highest BCUT2D eigenvalue weighted by molar-refractivity contribution is 5.98. The van der Waals surface area contributed by atoms with Crippen LogP contribution in [0.25, 0.3) is 0 Å².